The summed E-state index contributed by atoms with van der Waals surface area (Å²) < 4.78 is 0. The first-order chi connectivity index (χ1) is 8.22. The van der Waals surface area contributed by atoms with Crippen LogP contribution < -0.4 is 10.9 Å². The van der Waals surface area contributed by atoms with Crippen LogP contribution in [0.3, 0.4) is 0 Å². The molecule has 0 spiro atoms. The molecule has 0 amide bonds. The highest BCUT2D eigenvalue weighted by Crippen LogP contribution is 2.10. The minimum absolute atomic E-state index is 0.0577. The number of fused-ring (bicyclic) bond motifs is 1. The first kappa shape index (κ1) is 11.8. The summed E-state index contributed by atoms with van der Waals surface area (Å²) in [5.41, 5.74) is 0.548. The Morgan fingerprint density at radius 2 is 2.24 bits per heavy atom. The van der Waals surface area contributed by atoms with Gasteiger partial charge < -0.3 is 15.4 Å². The lowest BCUT2D eigenvalue weighted by Crippen LogP contribution is -2.26. The molecule has 1 aromatic heterocycles. The van der Waals surface area contributed by atoms with Crippen molar-refractivity contribution in [3.63, 3.8) is 0 Å². The zero-order valence-electron chi connectivity index (χ0n) is 9.60. The molecule has 0 fully saturated rings. The van der Waals surface area contributed by atoms with Crippen molar-refractivity contribution in [2.45, 2.75) is 13.0 Å². The van der Waals surface area contributed by atoms with Gasteiger partial charge in [0.25, 0.3) is 5.56 Å². The van der Waals surface area contributed by atoms with E-state index < -0.39 is 0 Å². The Kier molecular flexibility index (Phi) is 3.51. The molecule has 0 radical (unpaired) electrons. The van der Waals surface area contributed by atoms with E-state index in [9.17, 15) is 4.79 Å². The third-order valence-electron chi connectivity index (χ3n) is 2.60. The largest absolute Gasteiger partial charge is 0.395 e. The lowest BCUT2D eigenvalue weighted by atomic mass is 10.2. The molecule has 5 heteroatoms. The van der Waals surface area contributed by atoms with E-state index in [1.807, 2.05) is 25.1 Å². The summed E-state index contributed by atoms with van der Waals surface area (Å²) in [4.78, 5) is 18.9. The molecule has 1 unspecified atom stereocenters. The van der Waals surface area contributed by atoms with Crippen molar-refractivity contribution in [2.24, 2.45) is 0 Å². The van der Waals surface area contributed by atoms with Gasteiger partial charge in [-0.05, 0) is 19.1 Å². The van der Waals surface area contributed by atoms with E-state index >= 15 is 0 Å². The Morgan fingerprint density at radius 1 is 1.47 bits per heavy atom. The number of aliphatic hydroxyl groups excluding tert-OH is 1. The van der Waals surface area contributed by atoms with Crippen LogP contribution >= 0.6 is 0 Å². The zero-order chi connectivity index (χ0) is 12.3. The second-order valence-corrected chi connectivity index (χ2v) is 3.87. The molecule has 17 heavy (non-hydrogen) atoms. The highest BCUT2D eigenvalue weighted by Gasteiger charge is 2.09. The number of aromatic nitrogens is 2. The molecule has 0 saturated carbocycles. The number of nitrogens with zero attached hydrogens (tertiary/aromatic N) is 1. The Bertz CT molecular complexity index is 565. The summed E-state index contributed by atoms with van der Waals surface area (Å²) in [5.74, 6) is 0.585. The number of aromatic amines is 1. The Morgan fingerprint density at radius 3 is 3.00 bits per heavy atom. The van der Waals surface area contributed by atoms with Crippen molar-refractivity contribution >= 4 is 10.9 Å². The maximum absolute atomic E-state index is 11.8. The number of aliphatic hydroxyl groups is 1. The summed E-state index contributed by atoms with van der Waals surface area (Å²) in [6.45, 7) is 2.42. The van der Waals surface area contributed by atoms with Gasteiger partial charge in [0.05, 0.1) is 23.6 Å². The fraction of sp³-hybridized carbons (Fsp3) is 0.333. The van der Waals surface area contributed by atoms with Crippen molar-refractivity contribution in [1.82, 2.24) is 15.3 Å². The first-order valence-electron chi connectivity index (χ1n) is 5.55. The van der Waals surface area contributed by atoms with Crippen LogP contribution in [0.1, 0.15) is 18.8 Å². The topological polar surface area (TPSA) is 78.0 Å². The molecule has 2 aromatic rings. The molecule has 1 aromatic carbocycles. The normalized spacial score (nSPS) is 12.8. The second-order valence-electron chi connectivity index (χ2n) is 3.87. The Balaban J connectivity index is 2.39. The SMILES string of the molecule is CC(NCCO)c1nc2ccccc2c(=O)[nH]1. The van der Waals surface area contributed by atoms with Gasteiger partial charge in [-0.1, -0.05) is 12.1 Å². The molecule has 1 heterocycles. The predicted octanol–water partition coefficient (Wildman–Crippen LogP) is 0.566. The third kappa shape index (κ3) is 2.51. The number of H-pyrrole nitrogens is 1. The number of benzene rings is 1. The van der Waals surface area contributed by atoms with E-state index in [4.69, 9.17) is 5.11 Å². The molecule has 1 atom stereocenters. The lowest BCUT2D eigenvalue weighted by molar-refractivity contribution is 0.285. The Hall–Kier alpha value is -1.72. The van der Waals surface area contributed by atoms with E-state index in [1.165, 1.54) is 0 Å². The molecule has 90 valence electrons. The van der Waals surface area contributed by atoms with Crippen LogP contribution in [-0.4, -0.2) is 28.2 Å². The minimum Gasteiger partial charge on any atom is -0.395 e. The molecule has 0 aliphatic rings. The van der Waals surface area contributed by atoms with Crippen LogP contribution in [0.5, 0.6) is 0 Å². The van der Waals surface area contributed by atoms with Crippen LogP contribution in [0.4, 0.5) is 0 Å². The first-order valence-corrected chi connectivity index (χ1v) is 5.55. The standard InChI is InChI=1S/C12H15N3O2/c1-8(13-6-7-16)11-14-10-5-3-2-4-9(10)12(17)15-11/h2-5,8,13,16H,6-7H2,1H3,(H,14,15,17). The summed E-state index contributed by atoms with van der Waals surface area (Å²) in [6.07, 6.45) is 0. The van der Waals surface area contributed by atoms with E-state index in [1.54, 1.807) is 6.07 Å². The average molecular weight is 233 g/mol. The summed E-state index contributed by atoms with van der Waals surface area (Å²) in [6, 6.07) is 7.12. The van der Waals surface area contributed by atoms with Crippen molar-refractivity contribution in [3.8, 4) is 0 Å². The smallest absolute Gasteiger partial charge is 0.258 e. The monoisotopic (exact) mass is 233 g/mol. The number of hydrogen-bond donors (Lipinski definition) is 3. The van der Waals surface area contributed by atoms with Gasteiger partial charge in [0.1, 0.15) is 5.82 Å². The van der Waals surface area contributed by atoms with Crippen molar-refractivity contribution in [1.29, 1.82) is 0 Å². The molecular formula is C12H15N3O2. The summed E-state index contributed by atoms with van der Waals surface area (Å²) in [5, 5.41) is 12.4. The fourth-order valence-electron chi connectivity index (χ4n) is 1.69. The average Bonchev–Trinajstić information content (AvgIpc) is 2.36. The molecule has 0 aliphatic carbocycles. The van der Waals surface area contributed by atoms with E-state index in [-0.39, 0.29) is 18.2 Å². The van der Waals surface area contributed by atoms with Crippen molar-refractivity contribution in [3.05, 3.63) is 40.4 Å². The molecule has 2 rings (SSSR count). The van der Waals surface area contributed by atoms with Crippen LogP contribution in [-0.2, 0) is 0 Å². The van der Waals surface area contributed by atoms with Crippen LogP contribution in [0, 0.1) is 0 Å². The molecular weight excluding hydrogens is 218 g/mol. The molecule has 3 N–H and O–H groups in total. The molecule has 0 bridgehead atoms. The number of para-hydroxylation sites is 1. The third-order valence-corrected chi connectivity index (χ3v) is 2.60. The van der Waals surface area contributed by atoms with Gasteiger partial charge in [-0.25, -0.2) is 4.98 Å². The maximum Gasteiger partial charge on any atom is 0.258 e. The van der Waals surface area contributed by atoms with Gasteiger partial charge in [-0.3, -0.25) is 4.79 Å². The van der Waals surface area contributed by atoms with Gasteiger partial charge in [0, 0.05) is 6.54 Å². The fourth-order valence-corrected chi connectivity index (χ4v) is 1.69. The van der Waals surface area contributed by atoms with Crippen LogP contribution in [0.15, 0.2) is 29.1 Å². The summed E-state index contributed by atoms with van der Waals surface area (Å²) >= 11 is 0. The highest BCUT2D eigenvalue weighted by molar-refractivity contribution is 5.77. The van der Waals surface area contributed by atoms with Crippen molar-refractivity contribution < 1.29 is 5.11 Å². The van der Waals surface area contributed by atoms with Gasteiger partial charge >= 0.3 is 0 Å². The summed E-state index contributed by atoms with van der Waals surface area (Å²) in [7, 11) is 0. The van der Waals surface area contributed by atoms with E-state index in [0.717, 1.165) is 0 Å². The number of rotatable bonds is 4. The van der Waals surface area contributed by atoms with Crippen molar-refractivity contribution in [2.75, 3.05) is 13.2 Å². The van der Waals surface area contributed by atoms with Crippen LogP contribution in [0.2, 0.25) is 0 Å². The Labute approximate surface area is 98.5 Å². The van der Waals surface area contributed by atoms with E-state index in [0.29, 0.717) is 23.3 Å². The minimum atomic E-state index is -0.136. The van der Waals surface area contributed by atoms with Gasteiger partial charge in [-0.2, -0.15) is 0 Å². The lowest BCUT2D eigenvalue weighted by Gasteiger charge is -2.12. The maximum atomic E-state index is 11.8. The molecule has 5 nitrogen and oxygen atoms in total. The van der Waals surface area contributed by atoms with E-state index in [2.05, 4.69) is 15.3 Å². The number of nitrogens with one attached hydrogen (secondary N) is 2. The molecule has 0 saturated heterocycles. The highest BCUT2D eigenvalue weighted by atomic mass is 16.3. The van der Waals surface area contributed by atoms with Gasteiger partial charge in [0.15, 0.2) is 0 Å². The molecule has 0 aliphatic heterocycles. The number of hydrogen-bond acceptors (Lipinski definition) is 4. The van der Waals surface area contributed by atoms with Gasteiger partial charge in [0.2, 0.25) is 0 Å². The van der Waals surface area contributed by atoms with Crippen LogP contribution in [0.25, 0.3) is 10.9 Å². The van der Waals surface area contributed by atoms with Gasteiger partial charge in [-0.15, -0.1) is 0 Å². The predicted molar refractivity (Wildman–Crippen MR) is 65.9 cm³/mol. The second kappa shape index (κ2) is 5.07. The quantitative estimate of drug-likeness (QED) is 0.721. The zero-order valence-corrected chi connectivity index (χ0v) is 9.60.